The fourth-order valence-corrected chi connectivity index (χ4v) is 3.94. The lowest BCUT2D eigenvalue weighted by atomic mass is 10.0. The highest BCUT2D eigenvalue weighted by molar-refractivity contribution is 9.10. The van der Waals surface area contributed by atoms with Crippen LogP contribution in [0.2, 0.25) is 0 Å². The first kappa shape index (κ1) is 20.6. The summed E-state index contributed by atoms with van der Waals surface area (Å²) in [5.41, 5.74) is 2.65. The van der Waals surface area contributed by atoms with E-state index < -0.39 is 0 Å². The quantitative estimate of drug-likeness (QED) is 0.644. The van der Waals surface area contributed by atoms with Gasteiger partial charge in [-0.15, -0.1) is 0 Å². The molecule has 2 N–H and O–H groups in total. The van der Waals surface area contributed by atoms with Gasteiger partial charge in [0.2, 0.25) is 0 Å². The van der Waals surface area contributed by atoms with Gasteiger partial charge in [0.1, 0.15) is 0 Å². The number of hydrogen-bond donors (Lipinski definition) is 2. The van der Waals surface area contributed by atoms with E-state index in [0.717, 1.165) is 29.7 Å². The van der Waals surface area contributed by atoms with Crippen molar-refractivity contribution in [2.75, 3.05) is 19.6 Å². The fourth-order valence-electron chi connectivity index (χ4n) is 3.13. The van der Waals surface area contributed by atoms with Gasteiger partial charge in [0.15, 0.2) is 5.69 Å². The fraction of sp³-hybridized carbons (Fsp3) is 0.500. The zero-order valence-corrected chi connectivity index (χ0v) is 17.6. The van der Waals surface area contributed by atoms with Crippen LogP contribution in [0.15, 0.2) is 34.8 Å². The number of amides is 1. The van der Waals surface area contributed by atoms with Gasteiger partial charge in [-0.2, -0.15) is 5.10 Å². The third-order valence-corrected chi connectivity index (χ3v) is 5.47. The Balaban J connectivity index is 2.07. The monoisotopic (exact) mass is 420 g/mol. The number of carbonyl (C=O) groups excluding carboxylic acids is 1. The molecule has 142 valence electrons. The third kappa shape index (κ3) is 5.17. The second-order valence-corrected chi connectivity index (χ2v) is 7.52. The minimum absolute atomic E-state index is 0.148. The van der Waals surface area contributed by atoms with Gasteiger partial charge in [-0.1, -0.05) is 58.0 Å². The Hall–Kier alpha value is -1.66. The summed E-state index contributed by atoms with van der Waals surface area (Å²) in [5.74, 6) is 0.130. The van der Waals surface area contributed by atoms with Crippen LogP contribution in [0.1, 0.15) is 55.4 Å². The van der Waals surface area contributed by atoms with Gasteiger partial charge in [0.05, 0.1) is 10.2 Å². The average molecular weight is 421 g/mol. The van der Waals surface area contributed by atoms with Crippen LogP contribution in [0, 0.1) is 0 Å². The number of likely N-dealkylation sites (N-methyl/N-ethyl adjacent to an activating group) is 1. The maximum atomic E-state index is 12.6. The number of rotatable bonds is 9. The van der Waals surface area contributed by atoms with Crippen molar-refractivity contribution in [2.45, 2.75) is 46.1 Å². The van der Waals surface area contributed by atoms with E-state index >= 15 is 0 Å². The Morgan fingerprint density at radius 1 is 1.23 bits per heavy atom. The predicted molar refractivity (Wildman–Crippen MR) is 110 cm³/mol. The van der Waals surface area contributed by atoms with Gasteiger partial charge < -0.3 is 5.32 Å². The largest absolute Gasteiger partial charge is 0.349 e. The second kappa shape index (κ2) is 9.88. The van der Waals surface area contributed by atoms with Gasteiger partial charge in [-0.25, -0.2) is 0 Å². The molecule has 1 atom stereocenters. The van der Waals surface area contributed by atoms with E-state index in [1.165, 1.54) is 5.56 Å². The van der Waals surface area contributed by atoms with E-state index in [9.17, 15) is 4.79 Å². The number of aromatic amines is 1. The number of benzene rings is 1. The maximum absolute atomic E-state index is 12.6. The molecule has 1 amide bonds. The van der Waals surface area contributed by atoms with E-state index in [-0.39, 0.29) is 17.9 Å². The molecule has 1 unspecified atom stereocenters. The molecule has 6 heteroatoms. The molecule has 2 aromatic rings. The molecule has 26 heavy (non-hydrogen) atoms. The van der Waals surface area contributed by atoms with Crippen LogP contribution in [-0.4, -0.2) is 46.7 Å². The molecule has 0 saturated heterocycles. The number of carbonyl (C=O) groups is 1. The lowest BCUT2D eigenvalue weighted by Gasteiger charge is -2.30. The minimum atomic E-state index is -0.148. The number of nitrogens with zero attached hydrogens (tertiary/aromatic N) is 2. The highest BCUT2D eigenvalue weighted by atomic mass is 79.9. The molecule has 5 nitrogen and oxygen atoms in total. The van der Waals surface area contributed by atoms with Crippen molar-refractivity contribution in [1.29, 1.82) is 0 Å². The Bertz CT molecular complexity index is 695. The standard InChI is InChI=1S/C20H29BrN4O/c1-5-25(6-2)16(12-15-10-8-7-9-11-15)13-22-20(26)19-17(21)18(14(3)4)23-24-19/h7-11,14,16H,5-6,12-13H2,1-4H3,(H,22,26)(H,23,24). The van der Waals surface area contributed by atoms with Crippen LogP contribution in [0.3, 0.4) is 0 Å². The molecule has 0 aliphatic carbocycles. The topological polar surface area (TPSA) is 61.0 Å². The van der Waals surface area contributed by atoms with Gasteiger partial charge in [-0.05, 0) is 46.9 Å². The summed E-state index contributed by atoms with van der Waals surface area (Å²) in [7, 11) is 0. The first-order valence-electron chi connectivity index (χ1n) is 9.27. The zero-order valence-electron chi connectivity index (χ0n) is 16.1. The van der Waals surface area contributed by atoms with E-state index in [2.05, 4.69) is 88.3 Å². The number of H-pyrrole nitrogens is 1. The van der Waals surface area contributed by atoms with Crippen molar-refractivity contribution in [3.8, 4) is 0 Å². The number of halogens is 1. The summed E-state index contributed by atoms with van der Waals surface area (Å²) in [6.07, 6.45) is 0.905. The van der Waals surface area contributed by atoms with Crippen molar-refractivity contribution >= 4 is 21.8 Å². The zero-order chi connectivity index (χ0) is 19.1. The lowest BCUT2D eigenvalue weighted by Crippen LogP contribution is -2.45. The summed E-state index contributed by atoms with van der Waals surface area (Å²) in [4.78, 5) is 15.0. The van der Waals surface area contributed by atoms with Crippen LogP contribution >= 0.6 is 15.9 Å². The maximum Gasteiger partial charge on any atom is 0.273 e. The highest BCUT2D eigenvalue weighted by Gasteiger charge is 2.22. The molecular formula is C20H29BrN4O. The molecule has 0 fully saturated rings. The van der Waals surface area contributed by atoms with Gasteiger partial charge in [0.25, 0.3) is 5.91 Å². The van der Waals surface area contributed by atoms with Gasteiger partial charge >= 0.3 is 0 Å². The Morgan fingerprint density at radius 2 is 1.88 bits per heavy atom. The molecule has 0 saturated carbocycles. The normalized spacial score (nSPS) is 12.6. The number of aromatic nitrogens is 2. The molecule has 1 aromatic carbocycles. The van der Waals surface area contributed by atoms with E-state index in [1.54, 1.807) is 0 Å². The second-order valence-electron chi connectivity index (χ2n) is 6.73. The van der Waals surface area contributed by atoms with Crippen molar-refractivity contribution in [3.63, 3.8) is 0 Å². The highest BCUT2D eigenvalue weighted by Crippen LogP contribution is 2.25. The first-order valence-corrected chi connectivity index (χ1v) is 10.1. The number of hydrogen-bond acceptors (Lipinski definition) is 3. The molecule has 1 heterocycles. The summed E-state index contributed by atoms with van der Waals surface area (Å²) in [6, 6.07) is 10.7. The van der Waals surface area contributed by atoms with Crippen LogP contribution in [-0.2, 0) is 6.42 Å². The Kier molecular flexibility index (Phi) is 7.85. The third-order valence-electron chi connectivity index (χ3n) is 4.67. The molecule has 0 aliphatic rings. The van der Waals surface area contributed by atoms with Crippen molar-refractivity contribution in [1.82, 2.24) is 20.4 Å². The van der Waals surface area contributed by atoms with Crippen LogP contribution in [0.4, 0.5) is 0 Å². The summed E-state index contributed by atoms with van der Waals surface area (Å²) >= 11 is 3.50. The summed E-state index contributed by atoms with van der Waals surface area (Å²) < 4.78 is 0.757. The van der Waals surface area contributed by atoms with E-state index in [1.807, 2.05) is 6.07 Å². The molecule has 0 radical (unpaired) electrons. The smallest absolute Gasteiger partial charge is 0.273 e. The molecule has 1 aromatic heterocycles. The minimum Gasteiger partial charge on any atom is -0.349 e. The first-order chi connectivity index (χ1) is 12.5. The molecule has 2 rings (SSSR count). The lowest BCUT2D eigenvalue weighted by molar-refractivity contribution is 0.0929. The molecule has 0 bridgehead atoms. The Labute approximate surface area is 164 Å². The predicted octanol–water partition coefficient (Wildman–Crippen LogP) is 3.98. The number of nitrogens with one attached hydrogen (secondary N) is 2. The van der Waals surface area contributed by atoms with E-state index in [4.69, 9.17) is 0 Å². The molecular weight excluding hydrogens is 392 g/mol. The SMILES string of the molecule is CCN(CC)C(CNC(=O)c1n[nH]c(C(C)C)c1Br)Cc1ccccc1. The molecule has 0 aliphatic heterocycles. The van der Waals surface area contributed by atoms with Crippen LogP contribution in [0.25, 0.3) is 0 Å². The van der Waals surface area contributed by atoms with Crippen molar-refractivity contribution in [3.05, 3.63) is 51.8 Å². The van der Waals surface area contributed by atoms with Crippen molar-refractivity contribution in [2.24, 2.45) is 0 Å². The summed E-state index contributed by atoms with van der Waals surface area (Å²) in [5, 5.41) is 10.2. The molecule has 0 spiro atoms. The van der Waals surface area contributed by atoms with Crippen LogP contribution in [0.5, 0.6) is 0 Å². The van der Waals surface area contributed by atoms with Gasteiger partial charge in [0, 0.05) is 12.6 Å². The van der Waals surface area contributed by atoms with Crippen molar-refractivity contribution < 1.29 is 4.79 Å². The Morgan fingerprint density at radius 3 is 2.42 bits per heavy atom. The van der Waals surface area contributed by atoms with Gasteiger partial charge in [-0.3, -0.25) is 14.8 Å². The van der Waals surface area contributed by atoms with Crippen LogP contribution < -0.4 is 5.32 Å². The summed E-state index contributed by atoms with van der Waals surface area (Å²) in [6.45, 7) is 10.9. The average Bonchev–Trinajstić information content (AvgIpc) is 3.03. The van der Waals surface area contributed by atoms with E-state index in [0.29, 0.717) is 12.2 Å².